The first-order valence-electron chi connectivity index (χ1n) is 8.74. The van der Waals surface area contributed by atoms with Gasteiger partial charge in [0.25, 0.3) is 0 Å². The molecule has 2 heterocycles. The van der Waals surface area contributed by atoms with Gasteiger partial charge in [0.15, 0.2) is 10.9 Å². The van der Waals surface area contributed by atoms with Gasteiger partial charge in [-0.2, -0.15) is 0 Å². The number of nitrogens with one attached hydrogen (secondary N) is 1. The lowest BCUT2D eigenvalue weighted by atomic mass is 10.1. The van der Waals surface area contributed by atoms with Gasteiger partial charge < -0.3 is 14.6 Å². The van der Waals surface area contributed by atoms with Crippen molar-refractivity contribution in [2.75, 3.05) is 16.9 Å². The zero-order chi connectivity index (χ0) is 20.5. The minimum atomic E-state index is -0.561. The smallest absolute Gasteiger partial charge is 0.338 e. The summed E-state index contributed by atoms with van der Waals surface area (Å²) in [5, 5.41) is 8.11. The number of nitrogens with zero attached hydrogens (tertiary/aromatic N) is 3. The number of hydrogen-bond acceptors (Lipinski definition) is 5. The van der Waals surface area contributed by atoms with Gasteiger partial charge in [0.2, 0.25) is 0 Å². The van der Waals surface area contributed by atoms with Gasteiger partial charge in [-0.15, -0.1) is 0 Å². The molecule has 1 N–H and O–H groups in total. The van der Waals surface area contributed by atoms with E-state index in [9.17, 15) is 4.79 Å². The van der Waals surface area contributed by atoms with Gasteiger partial charge in [0.05, 0.1) is 12.8 Å². The molecule has 3 aromatic rings. The Hall–Kier alpha value is -3.10. The number of aryl methyl sites for hydroxylation is 1. The van der Waals surface area contributed by atoms with Crippen LogP contribution in [0.25, 0.3) is 0 Å². The van der Waals surface area contributed by atoms with Crippen LogP contribution in [0.2, 0.25) is 5.02 Å². The highest BCUT2D eigenvalue weighted by Crippen LogP contribution is 2.33. The Balaban J connectivity index is 1.77. The molecule has 0 aliphatic carbocycles. The average Bonchev–Trinajstić information content (AvgIpc) is 3.15. The number of carbonyl (C=O) groups excluding carboxylic acids is 1. The molecule has 29 heavy (non-hydrogen) atoms. The van der Waals surface area contributed by atoms with Crippen molar-refractivity contribution in [3.05, 3.63) is 70.9 Å². The fourth-order valence-corrected chi connectivity index (χ4v) is 3.51. The summed E-state index contributed by atoms with van der Waals surface area (Å²) >= 11 is 11.5. The number of carbonyl (C=O) groups is 1. The lowest BCUT2D eigenvalue weighted by Gasteiger charge is -2.41. The zero-order valence-corrected chi connectivity index (χ0v) is 17.2. The number of anilines is 2. The molecule has 1 unspecified atom stereocenters. The van der Waals surface area contributed by atoms with Crippen molar-refractivity contribution in [2.24, 2.45) is 0 Å². The number of hydrogen-bond donors (Lipinski definition) is 1. The van der Waals surface area contributed by atoms with Crippen molar-refractivity contribution in [1.29, 1.82) is 0 Å². The third-order valence-electron chi connectivity index (χ3n) is 4.50. The second kappa shape index (κ2) is 7.73. The number of aromatic nitrogens is 1. The molecule has 0 saturated carbocycles. The summed E-state index contributed by atoms with van der Waals surface area (Å²) in [6.07, 6.45) is -0.561. The first kappa shape index (κ1) is 19.2. The molecular weight excluding hydrogens is 412 g/mol. The summed E-state index contributed by atoms with van der Waals surface area (Å²) < 4.78 is 10.4. The maximum atomic E-state index is 13.5. The SMILES string of the molecule is COc1ccc(C2NC(=S)N(c3ccc(Cl)cc3)C(=O)N2c2cc(C)on2)cc1. The zero-order valence-electron chi connectivity index (χ0n) is 15.6. The predicted molar refractivity (Wildman–Crippen MR) is 115 cm³/mol. The van der Waals surface area contributed by atoms with Crippen molar-refractivity contribution in [3.63, 3.8) is 0 Å². The summed E-state index contributed by atoms with van der Waals surface area (Å²) in [7, 11) is 1.60. The van der Waals surface area contributed by atoms with Crippen LogP contribution < -0.4 is 19.9 Å². The third kappa shape index (κ3) is 3.64. The number of rotatable bonds is 4. The van der Waals surface area contributed by atoms with Crippen LogP contribution in [0.3, 0.4) is 0 Å². The molecule has 1 aromatic heterocycles. The molecule has 0 spiro atoms. The van der Waals surface area contributed by atoms with E-state index in [4.69, 9.17) is 33.1 Å². The Labute approximate surface area is 177 Å². The van der Waals surface area contributed by atoms with E-state index in [0.717, 1.165) is 5.56 Å². The predicted octanol–water partition coefficient (Wildman–Crippen LogP) is 4.66. The fourth-order valence-electron chi connectivity index (χ4n) is 3.08. The Morgan fingerprint density at radius 3 is 2.45 bits per heavy atom. The number of urea groups is 1. The molecule has 2 amide bonds. The molecule has 4 rings (SSSR count). The number of benzene rings is 2. The number of halogens is 1. The van der Waals surface area contributed by atoms with Crippen LogP contribution in [-0.4, -0.2) is 23.4 Å². The van der Waals surface area contributed by atoms with Crippen molar-refractivity contribution < 1.29 is 14.1 Å². The molecule has 1 aliphatic rings. The Morgan fingerprint density at radius 1 is 1.17 bits per heavy atom. The minimum absolute atomic E-state index is 0.273. The maximum absolute atomic E-state index is 13.5. The first-order valence-corrected chi connectivity index (χ1v) is 9.53. The Morgan fingerprint density at radius 2 is 1.86 bits per heavy atom. The van der Waals surface area contributed by atoms with Crippen LogP contribution in [0.15, 0.2) is 59.1 Å². The highest BCUT2D eigenvalue weighted by Gasteiger charge is 2.40. The van der Waals surface area contributed by atoms with E-state index in [1.807, 2.05) is 24.3 Å². The number of ether oxygens (including phenoxy) is 1. The summed E-state index contributed by atoms with van der Waals surface area (Å²) in [4.78, 5) is 16.4. The standard InChI is InChI=1S/C20H17ClN4O3S/c1-12-11-17(23-28-12)25-18(13-3-9-16(27-2)10-4-13)22-19(29)24(20(25)26)15-7-5-14(21)6-8-15/h3-11,18H,1-2H3,(H,22,29). The van der Waals surface area contributed by atoms with Crippen LogP contribution in [-0.2, 0) is 0 Å². The average molecular weight is 429 g/mol. The molecule has 1 atom stereocenters. The first-order chi connectivity index (χ1) is 14.0. The van der Waals surface area contributed by atoms with Gasteiger partial charge in [0.1, 0.15) is 17.7 Å². The van der Waals surface area contributed by atoms with Gasteiger partial charge >= 0.3 is 6.03 Å². The lowest BCUT2D eigenvalue weighted by Crippen LogP contribution is -2.61. The highest BCUT2D eigenvalue weighted by atomic mass is 35.5. The van der Waals surface area contributed by atoms with Crippen molar-refractivity contribution in [2.45, 2.75) is 13.1 Å². The monoisotopic (exact) mass is 428 g/mol. The van der Waals surface area contributed by atoms with E-state index in [1.54, 1.807) is 44.4 Å². The molecule has 0 bridgehead atoms. The normalized spacial score (nSPS) is 16.7. The quantitative estimate of drug-likeness (QED) is 0.609. The van der Waals surface area contributed by atoms with Crippen LogP contribution in [0.4, 0.5) is 16.3 Å². The van der Waals surface area contributed by atoms with Crippen molar-refractivity contribution in [3.8, 4) is 5.75 Å². The van der Waals surface area contributed by atoms with Crippen molar-refractivity contribution >= 4 is 46.5 Å². The van der Waals surface area contributed by atoms with Gasteiger partial charge in [-0.05, 0) is 61.1 Å². The second-order valence-electron chi connectivity index (χ2n) is 6.39. The topological polar surface area (TPSA) is 70.8 Å². The molecule has 1 aliphatic heterocycles. The van der Waals surface area contributed by atoms with E-state index in [-0.39, 0.29) is 11.1 Å². The molecular formula is C20H17ClN4O3S. The summed E-state index contributed by atoms with van der Waals surface area (Å²) in [6, 6.07) is 15.6. The fraction of sp³-hybridized carbons (Fsp3) is 0.150. The Kier molecular flexibility index (Phi) is 5.12. The Bertz CT molecular complexity index is 1050. The van der Waals surface area contributed by atoms with Gasteiger partial charge in [0, 0.05) is 11.1 Å². The van der Waals surface area contributed by atoms with E-state index in [0.29, 0.717) is 28.0 Å². The van der Waals surface area contributed by atoms with Crippen LogP contribution >= 0.6 is 23.8 Å². The lowest BCUT2D eigenvalue weighted by molar-refractivity contribution is 0.248. The van der Waals surface area contributed by atoms with Gasteiger partial charge in [-0.1, -0.05) is 28.9 Å². The number of methoxy groups -OCH3 is 1. The van der Waals surface area contributed by atoms with E-state index >= 15 is 0 Å². The molecule has 1 saturated heterocycles. The molecule has 9 heteroatoms. The molecule has 0 radical (unpaired) electrons. The van der Waals surface area contributed by atoms with Crippen LogP contribution in [0.1, 0.15) is 17.5 Å². The summed E-state index contributed by atoms with van der Waals surface area (Å²) in [5.74, 6) is 1.68. The number of thiocarbonyl (C=S) groups is 1. The molecule has 2 aromatic carbocycles. The second-order valence-corrected chi connectivity index (χ2v) is 7.21. The van der Waals surface area contributed by atoms with Gasteiger partial charge in [-0.3, -0.25) is 0 Å². The van der Waals surface area contributed by atoms with Gasteiger partial charge in [-0.25, -0.2) is 14.6 Å². The third-order valence-corrected chi connectivity index (χ3v) is 5.05. The van der Waals surface area contributed by atoms with Crippen molar-refractivity contribution in [1.82, 2.24) is 10.5 Å². The van der Waals surface area contributed by atoms with Crippen LogP contribution in [0.5, 0.6) is 5.75 Å². The molecule has 7 nitrogen and oxygen atoms in total. The van der Waals surface area contributed by atoms with Crippen LogP contribution in [0, 0.1) is 6.92 Å². The molecule has 1 fully saturated rings. The number of amides is 2. The van der Waals surface area contributed by atoms with E-state index in [2.05, 4.69) is 10.5 Å². The highest BCUT2D eigenvalue weighted by molar-refractivity contribution is 7.80. The summed E-state index contributed by atoms with van der Waals surface area (Å²) in [6.45, 7) is 1.77. The molecule has 148 valence electrons. The minimum Gasteiger partial charge on any atom is -0.497 e. The maximum Gasteiger partial charge on any atom is 0.338 e. The largest absolute Gasteiger partial charge is 0.497 e. The van der Waals surface area contributed by atoms with E-state index < -0.39 is 6.17 Å². The summed E-state index contributed by atoms with van der Waals surface area (Å²) in [5.41, 5.74) is 1.41. The van der Waals surface area contributed by atoms with E-state index in [1.165, 1.54) is 9.80 Å².